The van der Waals surface area contributed by atoms with Gasteiger partial charge in [0.15, 0.2) is 0 Å². The fourth-order valence-corrected chi connectivity index (χ4v) is 3.90. The van der Waals surface area contributed by atoms with Crippen molar-refractivity contribution in [1.82, 2.24) is 0 Å². The number of nitrogens with two attached hydrogens (primary N) is 1. The number of aliphatic carboxylic acids is 1. The van der Waals surface area contributed by atoms with Crippen LogP contribution in [0.3, 0.4) is 0 Å². The van der Waals surface area contributed by atoms with Crippen LogP contribution in [0.4, 0.5) is 0 Å². The Morgan fingerprint density at radius 1 is 1.19 bits per heavy atom. The summed E-state index contributed by atoms with van der Waals surface area (Å²) < 4.78 is 10.9. The first kappa shape index (κ1) is 16.6. The van der Waals surface area contributed by atoms with Crippen molar-refractivity contribution in [1.29, 1.82) is 0 Å². The molecule has 3 atom stereocenters. The summed E-state index contributed by atoms with van der Waals surface area (Å²) in [5, 5.41) is 9.86. The molecule has 0 amide bonds. The van der Waals surface area contributed by atoms with E-state index in [1.165, 1.54) is 0 Å². The normalized spacial score (nSPS) is 23.0. The van der Waals surface area contributed by atoms with Crippen molar-refractivity contribution >= 4 is 12.4 Å². The number of hydrogen-bond donors (Lipinski definition) is 2. The molecule has 1 aliphatic heterocycles. The minimum absolute atomic E-state index is 0.198. The highest BCUT2D eigenvalue weighted by molar-refractivity contribution is 5.80. The monoisotopic (exact) mass is 353 g/mol. The number of para-hydroxylation sites is 2. The average molecular weight is 353 g/mol. The molecular weight excluding hydrogens is 334 g/mol. The molecule has 6 heteroatoms. The molecule has 6 nitrogen and oxygen atoms in total. The number of ether oxygens (including phenoxy) is 2. The summed E-state index contributed by atoms with van der Waals surface area (Å²) in [4.78, 5) is 22.6. The van der Waals surface area contributed by atoms with Gasteiger partial charge >= 0.3 is 5.97 Å². The van der Waals surface area contributed by atoms with Crippen LogP contribution < -0.4 is 10.5 Å². The summed E-state index contributed by atoms with van der Waals surface area (Å²) in [5.74, 6) is -0.274. The van der Waals surface area contributed by atoms with E-state index < -0.39 is 23.5 Å². The Morgan fingerprint density at radius 2 is 1.77 bits per heavy atom. The number of rotatable bonds is 6. The Hall–Kier alpha value is -2.86. The molecule has 26 heavy (non-hydrogen) atoms. The number of fused-ring (bicyclic) bond motifs is 2. The van der Waals surface area contributed by atoms with Crippen molar-refractivity contribution < 1.29 is 24.2 Å². The molecule has 2 aliphatic rings. The maximum Gasteiger partial charge on any atom is 0.324 e. The number of carboxylic acid groups (broad SMARTS) is 1. The van der Waals surface area contributed by atoms with Crippen LogP contribution in [0.15, 0.2) is 48.5 Å². The highest BCUT2D eigenvalue weighted by atomic mass is 16.5. The topological polar surface area (TPSA) is 98.8 Å². The molecule has 0 aromatic heterocycles. The number of hydrogen-bond acceptors (Lipinski definition) is 5. The van der Waals surface area contributed by atoms with Crippen molar-refractivity contribution in [2.45, 2.75) is 30.4 Å². The van der Waals surface area contributed by atoms with Crippen molar-refractivity contribution in [3.05, 3.63) is 59.7 Å². The second-order valence-electron chi connectivity index (χ2n) is 6.89. The van der Waals surface area contributed by atoms with Crippen molar-refractivity contribution in [3.63, 3.8) is 0 Å². The predicted octanol–water partition coefficient (Wildman–Crippen LogP) is 2.66. The van der Waals surface area contributed by atoms with Crippen LogP contribution in [0.25, 0.3) is 0 Å². The van der Waals surface area contributed by atoms with E-state index in [1.54, 1.807) is 0 Å². The summed E-state index contributed by atoms with van der Waals surface area (Å²) in [6.07, 6.45) is 0.232. The van der Waals surface area contributed by atoms with Crippen LogP contribution in [-0.2, 0) is 14.3 Å². The Kier molecular flexibility index (Phi) is 3.92. The van der Waals surface area contributed by atoms with E-state index in [4.69, 9.17) is 15.2 Å². The second kappa shape index (κ2) is 6.14. The molecule has 1 fully saturated rings. The Bertz CT molecular complexity index is 821. The van der Waals surface area contributed by atoms with E-state index in [0.29, 0.717) is 24.4 Å². The van der Waals surface area contributed by atoms with E-state index in [0.717, 1.165) is 11.1 Å². The third-order valence-corrected chi connectivity index (χ3v) is 5.37. The largest absolute Gasteiger partial charge is 0.480 e. The lowest BCUT2D eigenvalue weighted by atomic mass is 9.76. The fourth-order valence-electron chi connectivity index (χ4n) is 3.90. The fraction of sp³-hybridized carbons (Fsp3) is 0.300. The number of carbonyl (C=O) groups excluding carboxylic acids is 1. The van der Waals surface area contributed by atoms with Gasteiger partial charge in [-0.3, -0.25) is 9.59 Å². The lowest BCUT2D eigenvalue weighted by Crippen LogP contribution is -2.52. The zero-order valence-electron chi connectivity index (χ0n) is 14.0. The molecule has 4 rings (SSSR count). The SMILES string of the molecule is N[C@](CC1c2ccccc2Oc2ccccc21)(C(=O)O)[C@H]1C[C@H]1OC=O. The Morgan fingerprint density at radius 3 is 2.31 bits per heavy atom. The lowest BCUT2D eigenvalue weighted by molar-refractivity contribution is -0.146. The highest BCUT2D eigenvalue weighted by Crippen LogP contribution is 2.51. The lowest BCUT2D eigenvalue weighted by Gasteiger charge is -2.34. The van der Waals surface area contributed by atoms with E-state index in [9.17, 15) is 14.7 Å². The molecule has 1 aliphatic carbocycles. The minimum atomic E-state index is -1.49. The summed E-state index contributed by atoms with van der Waals surface area (Å²) in [6.45, 7) is 0.353. The maximum absolute atomic E-state index is 12.1. The quantitative estimate of drug-likeness (QED) is 0.775. The van der Waals surface area contributed by atoms with Gasteiger partial charge in [0.25, 0.3) is 6.47 Å². The highest BCUT2D eigenvalue weighted by Gasteiger charge is 2.58. The van der Waals surface area contributed by atoms with E-state index in [2.05, 4.69) is 0 Å². The van der Waals surface area contributed by atoms with E-state index in [1.807, 2.05) is 48.5 Å². The summed E-state index contributed by atoms with van der Waals surface area (Å²) in [6, 6.07) is 15.2. The molecule has 0 unspecified atom stereocenters. The number of carbonyl (C=O) groups is 2. The van der Waals surface area contributed by atoms with Gasteiger partial charge in [0.05, 0.1) is 0 Å². The van der Waals surface area contributed by atoms with E-state index in [-0.39, 0.29) is 12.3 Å². The van der Waals surface area contributed by atoms with E-state index >= 15 is 0 Å². The third-order valence-electron chi connectivity index (χ3n) is 5.37. The van der Waals surface area contributed by atoms with Gasteiger partial charge in [-0.1, -0.05) is 36.4 Å². The van der Waals surface area contributed by atoms with Gasteiger partial charge in [0.2, 0.25) is 0 Å². The van der Waals surface area contributed by atoms with Crippen molar-refractivity contribution in [2.75, 3.05) is 0 Å². The van der Waals surface area contributed by atoms with Gasteiger partial charge in [-0.05, 0) is 25.0 Å². The van der Waals surface area contributed by atoms with Crippen molar-refractivity contribution in [3.8, 4) is 11.5 Å². The molecule has 2 aromatic carbocycles. The summed E-state index contributed by atoms with van der Waals surface area (Å²) in [7, 11) is 0. The van der Waals surface area contributed by atoms with Crippen LogP contribution in [0.1, 0.15) is 29.9 Å². The molecule has 134 valence electrons. The molecule has 2 aromatic rings. The van der Waals surface area contributed by atoms with Gasteiger partial charge in [0.1, 0.15) is 23.1 Å². The molecule has 3 N–H and O–H groups in total. The second-order valence-corrected chi connectivity index (χ2v) is 6.89. The molecule has 0 bridgehead atoms. The maximum atomic E-state index is 12.1. The Balaban J connectivity index is 1.73. The zero-order chi connectivity index (χ0) is 18.3. The molecular formula is C20H19NO5. The Labute approximate surface area is 150 Å². The van der Waals surface area contributed by atoms with Gasteiger partial charge in [-0.2, -0.15) is 0 Å². The van der Waals surface area contributed by atoms with Crippen LogP contribution in [0, 0.1) is 5.92 Å². The number of benzene rings is 2. The third kappa shape index (κ3) is 2.63. The first-order chi connectivity index (χ1) is 12.5. The predicted molar refractivity (Wildman–Crippen MR) is 93.0 cm³/mol. The molecule has 0 saturated heterocycles. The molecule has 0 spiro atoms. The first-order valence-electron chi connectivity index (χ1n) is 8.51. The van der Waals surface area contributed by atoms with Gasteiger partial charge in [-0.25, -0.2) is 0 Å². The summed E-state index contributed by atoms with van der Waals surface area (Å²) >= 11 is 0. The molecule has 1 saturated carbocycles. The van der Waals surface area contributed by atoms with Gasteiger partial charge in [-0.15, -0.1) is 0 Å². The molecule has 0 radical (unpaired) electrons. The minimum Gasteiger partial charge on any atom is -0.480 e. The van der Waals surface area contributed by atoms with Crippen LogP contribution >= 0.6 is 0 Å². The summed E-state index contributed by atoms with van der Waals surface area (Å²) in [5.41, 5.74) is 6.71. The van der Waals surface area contributed by atoms with Crippen LogP contribution in [-0.4, -0.2) is 29.2 Å². The zero-order valence-corrected chi connectivity index (χ0v) is 14.0. The van der Waals surface area contributed by atoms with Crippen LogP contribution in [0.5, 0.6) is 11.5 Å². The average Bonchev–Trinajstić information content (AvgIpc) is 3.41. The van der Waals surface area contributed by atoms with Gasteiger partial charge < -0.3 is 20.3 Å². The van der Waals surface area contributed by atoms with Gasteiger partial charge in [0, 0.05) is 23.0 Å². The smallest absolute Gasteiger partial charge is 0.324 e. The first-order valence-corrected chi connectivity index (χ1v) is 8.51. The van der Waals surface area contributed by atoms with Crippen LogP contribution in [0.2, 0.25) is 0 Å². The standard InChI is InChI=1S/C20H19NO5/c21-20(19(23)24,15-9-18(15)25-11-22)10-14-12-5-1-3-7-16(12)26-17-8-4-2-6-13(14)17/h1-8,11,14-15,18H,9-10,21H2,(H,23,24)/t15-,18+,20-/m0/s1. The van der Waals surface area contributed by atoms with Crippen molar-refractivity contribution in [2.24, 2.45) is 11.7 Å². The molecule has 1 heterocycles. The number of carboxylic acids is 1.